The Morgan fingerprint density at radius 2 is 1.48 bits per heavy atom. The molecule has 7 N–H and O–H groups in total. The summed E-state index contributed by atoms with van der Waals surface area (Å²) >= 11 is -3.01. The molecule has 1 unspecified atom stereocenters. The number of sulfone groups is 1. The first-order valence-corrected chi connectivity index (χ1v) is 16.8. The average Bonchev–Trinajstić information content (AvgIpc) is 2.91. The van der Waals surface area contributed by atoms with Crippen molar-refractivity contribution >= 4 is 81.5 Å². The molecule has 0 spiro atoms. The Hall–Kier alpha value is -4.23. The molecule has 3 rings (SSSR count). The van der Waals surface area contributed by atoms with E-state index in [1.807, 2.05) is 0 Å². The van der Waals surface area contributed by atoms with Crippen molar-refractivity contribution in [2.75, 3.05) is 23.8 Å². The molecule has 19 nitrogen and oxygen atoms in total. The van der Waals surface area contributed by atoms with Crippen LogP contribution in [0.3, 0.4) is 0 Å². The Labute approximate surface area is 251 Å². The van der Waals surface area contributed by atoms with Gasteiger partial charge in [0.15, 0.2) is 9.84 Å². The summed E-state index contributed by atoms with van der Waals surface area (Å²) in [6.45, 7) is -0.793. The Bertz CT molecular complexity index is 2050. The molecule has 0 aliphatic carbocycles. The maximum Gasteiger partial charge on any atom is 0.335 e. The summed E-state index contributed by atoms with van der Waals surface area (Å²) in [6.07, 6.45) is 0. The number of nitrogen functional groups attached to an aromatic ring is 2. The normalized spacial score (nSPS) is 13.4. The van der Waals surface area contributed by atoms with E-state index in [0.717, 1.165) is 18.2 Å². The number of carbonyl (C=O) groups is 1. The van der Waals surface area contributed by atoms with Gasteiger partial charge >= 0.3 is 5.97 Å². The molecule has 3 aromatic rings. The number of hydrogen-bond acceptors (Lipinski definition) is 16. The lowest BCUT2D eigenvalue weighted by Gasteiger charge is -2.11. The summed E-state index contributed by atoms with van der Waals surface area (Å²) in [7, 11) is -14.6. The third kappa shape index (κ3) is 8.44. The molecule has 0 aliphatic rings. The summed E-state index contributed by atoms with van der Waals surface area (Å²) in [5.74, 6) is -2.16. The van der Waals surface area contributed by atoms with Gasteiger partial charge in [-0.25, -0.2) is 17.4 Å². The number of aromatic carboxylic acids is 1. The number of hydrogen-bond donors (Lipinski definition) is 5. The number of carboxylic acids is 1. The lowest BCUT2D eigenvalue weighted by atomic mass is 10.2. The van der Waals surface area contributed by atoms with Crippen molar-refractivity contribution in [3.05, 3.63) is 54.1 Å². The highest BCUT2D eigenvalue weighted by molar-refractivity contribution is 7.91. The van der Waals surface area contributed by atoms with Gasteiger partial charge in [-0.2, -0.15) is 21.9 Å². The van der Waals surface area contributed by atoms with E-state index in [4.69, 9.17) is 16.6 Å². The molecule has 0 amide bonds. The summed E-state index contributed by atoms with van der Waals surface area (Å²) in [6, 6.07) is 7.87. The predicted molar refractivity (Wildman–Crippen MR) is 150 cm³/mol. The first kappa shape index (κ1) is 34.3. The molecule has 44 heavy (non-hydrogen) atoms. The van der Waals surface area contributed by atoms with Crippen LogP contribution in [0.2, 0.25) is 0 Å². The molecule has 3 aromatic carbocycles. The number of nitrogens with zero attached hydrogens (tertiary/aromatic N) is 4. The zero-order valence-electron chi connectivity index (χ0n) is 21.5. The lowest BCUT2D eigenvalue weighted by Crippen LogP contribution is -2.14. The fraction of sp³-hybridized carbons (Fsp3) is 0.0952. The zero-order chi connectivity index (χ0) is 33.0. The lowest BCUT2D eigenvalue weighted by molar-refractivity contribution is 0.0696. The van der Waals surface area contributed by atoms with Crippen LogP contribution >= 0.6 is 0 Å². The topological polar surface area (TPSA) is 331 Å². The Kier molecular flexibility index (Phi) is 10.3. The quantitative estimate of drug-likeness (QED) is 0.0788. The van der Waals surface area contributed by atoms with E-state index in [0.29, 0.717) is 12.1 Å². The molecule has 23 heteroatoms. The minimum atomic E-state index is -5.17. The van der Waals surface area contributed by atoms with E-state index in [1.165, 1.54) is 18.2 Å². The van der Waals surface area contributed by atoms with Crippen LogP contribution < -0.4 is 11.5 Å². The van der Waals surface area contributed by atoms with Crippen molar-refractivity contribution in [3.63, 3.8) is 0 Å². The van der Waals surface area contributed by atoms with E-state index >= 15 is 0 Å². The van der Waals surface area contributed by atoms with Crippen LogP contribution in [0.25, 0.3) is 0 Å². The van der Waals surface area contributed by atoms with Crippen LogP contribution in [0.1, 0.15) is 10.4 Å². The van der Waals surface area contributed by atoms with Crippen LogP contribution in [0.15, 0.2) is 83.7 Å². The minimum absolute atomic E-state index is 0.0233. The highest BCUT2D eigenvalue weighted by Gasteiger charge is 2.24. The average molecular weight is 692 g/mol. The fourth-order valence-electron chi connectivity index (χ4n) is 3.29. The van der Waals surface area contributed by atoms with Crippen LogP contribution in [-0.4, -0.2) is 66.6 Å². The molecule has 0 radical (unpaired) electrons. The SMILES string of the molecule is Nc1c(N=Nc2ccc(S(=O)(=O)CCOS(=O)[O-])cc2S(=O)(=O)O)cc(S(=O)(=O)O)c(N)c1N=Nc1cccc(C(=O)O)c1. The highest BCUT2D eigenvalue weighted by atomic mass is 32.2. The van der Waals surface area contributed by atoms with Gasteiger partial charge in [-0.1, -0.05) is 6.07 Å². The van der Waals surface area contributed by atoms with Crippen LogP contribution in [0.5, 0.6) is 0 Å². The monoisotopic (exact) mass is 691 g/mol. The molecule has 0 heterocycles. The Morgan fingerprint density at radius 3 is 2.07 bits per heavy atom. The number of nitrogens with two attached hydrogens (primary N) is 2. The summed E-state index contributed by atoms with van der Waals surface area (Å²) < 4.78 is 117. The third-order valence-corrected chi connectivity index (χ3v) is 9.13. The number of anilines is 2. The van der Waals surface area contributed by atoms with Gasteiger partial charge in [-0.15, -0.1) is 15.3 Å². The third-order valence-electron chi connectivity index (χ3n) is 5.32. The Balaban J connectivity index is 2.13. The largest absolute Gasteiger partial charge is 0.750 e. The van der Waals surface area contributed by atoms with Gasteiger partial charge < -0.3 is 21.1 Å². The van der Waals surface area contributed by atoms with Gasteiger partial charge in [0.05, 0.1) is 51.2 Å². The van der Waals surface area contributed by atoms with E-state index in [2.05, 4.69) is 24.6 Å². The van der Waals surface area contributed by atoms with Gasteiger partial charge in [0, 0.05) is 0 Å². The molecule has 0 fully saturated rings. The summed E-state index contributed by atoms with van der Waals surface area (Å²) in [4.78, 5) is 8.50. The van der Waals surface area contributed by atoms with Crippen LogP contribution in [-0.2, 0) is 45.6 Å². The van der Waals surface area contributed by atoms with Crippen LogP contribution in [0, 0.1) is 0 Å². The van der Waals surface area contributed by atoms with Crippen LogP contribution in [0.4, 0.5) is 34.1 Å². The Morgan fingerprint density at radius 1 is 0.841 bits per heavy atom. The van der Waals surface area contributed by atoms with Gasteiger partial charge in [-0.3, -0.25) is 13.3 Å². The first-order valence-electron chi connectivity index (χ1n) is 11.2. The highest BCUT2D eigenvalue weighted by Crippen LogP contribution is 2.43. The van der Waals surface area contributed by atoms with Gasteiger partial charge in [0.1, 0.15) is 26.9 Å². The van der Waals surface area contributed by atoms with Crippen molar-refractivity contribution in [1.82, 2.24) is 0 Å². The van der Waals surface area contributed by atoms with Gasteiger partial charge in [-0.05, 0) is 42.5 Å². The number of benzene rings is 3. The molecule has 1 atom stereocenters. The number of rotatable bonds is 12. The molecular weight excluding hydrogens is 673 g/mol. The second-order valence-corrected chi connectivity index (χ2v) is 13.8. The van der Waals surface area contributed by atoms with Gasteiger partial charge in [0.2, 0.25) is 0 Å². The predicted octanol–water partition coefficient (Wildman–Crippen LogP) is 2.46. The van der Waals surface area contributed by atoms with E-state index in [1.54, 1.807) is 0 Å². The molecule has 0 saturated carbocycles. The molecule has 0 aromatic heterocycles. The van der Waals surface area contributed by atoms with Crippen molar-refractivity contribution in [1.29, 1.82) is 0 Å². The molecular formula is C21H19N6O13S4-. The van der Waals surface area contributed by atoms with E-state index < -0.39 is 103 Å². The maximum atomic E-state index is 12.5. The van der Waals surface area contributed by atoms with E-state index in [-0.39, 0.29) is 11.3 Å². The van der Waals surface area contributed by atoms with Crippen molar-refractivity contribution < 1.29 is 57.2 Å². The van der Waals surface area contributed by atoms with Gasteiger partial charge in [0.25, 0.3) is 20.2 Å². The maximum absolute atomic E-state index is 12.5. The second kappa shape index (κ2) is 13.2. The fourth-order valence-corrected chi connectivity index (χ4v) is 6.08. The molecule has 236 valence electrons. The number of carboxylic acid groups (broad SMARTS) is 1. The van der Waals surface area contributed by atoms with Crippen molar-refractivity contribution in [3.8, 4) is 0 Å². The van der Waals surface area contributed by atoms with Crippen molar-refractivity contribution in [2.45, 2.75) is 14.7 Å². The summed E-state index contributed by atoms with van der Waals surface area (Å²) in [5.41, 5.74) is 8.66. The first-order chi connectivity index (χ1) is 20.3. The smallest absolute Gasteiger partial charge is 0.335 e. The zero-order valence-corrected chi connectivity index (χ0v) is 24.8. The molecule has 0 bridgehead atoms. The molecule has 0 aliphatic heterocycles. The molecule has 0 saturated heterocycles. The minimum Gasteiger partial charge on any atom is -0.750 e. The van der Waals surface area contributed by atoms with Crippen molar-refractivity contribution in [2.24, 2.45) is 20.5 Å². The standard InChI is InChI=1S/C21H20N6O13S4/c22-18-15(10-17(44(37,38)39)19(23)20(18)27-24-12-3-1-2-11(8-12)21(28)29)26-25-14-5-4-13(9-16(14)43(34,35)36)42(32,33)7-6-40-41(30)31/h1-5,8-10H,6-7,22-23H2,(H,28,29)(H,30,31)(H,34,35,36)(H,37,38,39)/p-1. The number of azo groups is 2. The summed E-state index contributed by atoms with van der Waals surface area (Å²) in [5, 5.41) is 23.9. The van der Waals surface area contributed by atoms with E-state index in [9.17, 15) is 47.9 Å². The second-order valence-electron chi connectivity index (χ2n) is 8.25.